The molecule has 0 aromatic carbocycles. The van der Waals surface area contributed by atoms with Crippen molar-refractivity contribution in [3.05, 3.63) is 0 Å². The van der Waals surface area contributed by atoms with Crippen molar-refractivity contribution in [3.63, 3.8) is 0 Å². The fourth-order valence-electron chi connectivity index (χ4n) is 1.98. The number of ether oxygens (including phenoxy) is 1. The van der Waals surface area contributed by atoms with E-state index in [1.165, 1.54) is 0 Å². The predicted octanol–water partition coefficient (Wildman–Crippen LogP) is 0.265. The molecule has 0 aromatic heterocycles. The van der Waals surface area contributed by atoms with Gasteiger partial charge in [0.05, 0.1) is 6.10 Å². The molecule has 14 heavy (non-hydrogen) atoms. The molecule has 3 N–H and O–H groups in total. The van der Waals surface area contributed by atoms with Crippen molar-refractivity contribution in [2.24, 2.45) is 11.7 Å². The lowest BCUT2D eigenvalue weighted by molar-refractivity contribution is -0.136. The van der Waals surface area contributed by atoms with Crippen LogP contribution in [0.15, 0.2) is 0 Å². The van der Waals surface area contributed by atoms with Crippen LogP contribution in [0.4, 0.5) is 0 Å². The van der Waals surface area contributed by atoms with Gasteiger partial charge in [-0.2, -0.15) is 0 Å². The first-order valence-electron chi connectivity index (χ1n) is 5.26. The Balaban J connectivity index is 2.39. The number of nitrogens with one attached hydrogen (secondary N) is 1. The minimum atomic E-state index is -0.364. The number of likely N-dealkylation sites (N-methyl/N-ethyl adjacent to an activating group) is 1. The Labute approximate surface area is 85.2 Å². The van der Waals surface area contributed by atoms with Gasteiger partial charge in [-0.25, -0.2) is 0 Å². The summed E-state index contributed by atoms with van der Waals surface area (Å²) in [6.07, 6.45) is 3.13. The molecule has 1 amide bonds. The van der Waals surface area contributed by atoms with Gasteiger partial charge >= 0.3 is 0 Å². The third-order valence-corrected chi connectivity index (χ3v) is 2.89. The Morgan fingerprint density at radius 2 is 2.36 bits per heavy atom. The van der Waals surface area contributed by atoms with Gasteiger partial charge in [-0.15, -0.1) is 0 Å². The highest BCUT2D eigenvalue weighted by molar-refractivity contribution is 5.79. The van der Waals surface area contributed by atoms with Crippen molar-refractivity contribution < 1.29 is 9.53 Å². The first-order valence-corrected chi connectivity index (χ1v) is 5.26. The zero-order valence-electron chi connectivity index (χ0n) is 8.95. The SMILES string of the molecule is CNC(=O)C(C)OC1CCCC1CN. The lowest BCUT2D eigenvalue weighted by atomic mass is 10.1. The smallest absolute Gasteiger partial charge is 0.248 e. The van der Waals surface area contributed by atoms with E-state index in [0.29, 0.717) is 12.5 Å². The first-order chi connectivity index (χ1) is 6.69. The van der Waals surface area contributed by atoms with E-state index < -0.39 is 0 Å². The van der Waals surface area contributed by atoms with Crippen LogP contribution in [0.3, 0.4) is 0 Å². The van der Waals surface area contributed by atoms with Crippen molar-refractivity contribution in [1.82, 2.24) is 5.32 Å². The lowest BCUT2D eigenvalue weighted by Gasteiger charge is -2.22. The Hall–Kier alpha value is -0.610. The molecule has 1 rings (SSSR count). The largest absolute Gasteiger partial charge is 0.365 e. The van der Waals surface area contributed by atoms with E-state index in [9.17, 15) is 4.79 Å². The highest BCUT2D eigenvalue weighted by Crippen LogP contribution is 2.28. The fourth-order valence-corrected chi connectivity index (χ4v) is 1.98. The van der Waals surface area contributed by atoms with Gasteiger partial charge in [0, 0.05) is 7.05 Å². The summed E-state index contributed by atoms with van der Waals surface area (Å²) in [7, 11) is 1.62. The van der Waals surface area contributed by atoms with Gasteiger partial charge in [-0.05, 0) is 32.2 Å². The van der Waals surface area contributed by atoms with E-state index in [4.69, 9.17) is 10.5 Å². The van der Waals surface area contributed by atoms with Crippen LogP contribution in [0.25, 0.3) is 0 Å². The summed E-state index contributed by atoms with van der Waals surface area (Å²) in [6.45, 7) is 2.44. The van der Waals surface area contributed by atoms with Crippen LogP contribution in [0.2, 0.25) is 0 Å². The molecule has 1 aliphatic carbocycles. The molecule has 0 aliphatic heterocycles. The molecular formula is C10H20N2O2. The third-order valence-electron chi connectivity index (χ3n) is 2.89. The summed E-state index contributed by atoms with van der Waals surface area (Å²) in [6, 6.07) is 0. The molecule has 4 heteroatoms. The van der Waals surface area contributed by atoms with E-state index in [1.807, 2.05) is 0 Å². The highest BCUT2D eigenvalue weighted by Gasteiger charge is 2.29. The average molecular weight is 200 g/mol. The summed E-state index contributed by atoms with van der Waals surface area (Å²) < 4.78 is 5.68. The Bertz CT molecular complexity index is 197. The number of hydrogen-bond acceptors (Lipinski definition) is 3. The number of carbonyl (C=O) groups excluding carboxylic acids is 1. The number of nitrogens with two attached hydrogens (primary N) is 1. The minimum absolute atomic E-state index is 0.0623. The molecule has 4 nitrogen and oxygen atoms in total. The van der Waals surface area contributed by atoms with Crippen molar-refractivity contribution in [2.45, 2.75) is 38.4 Å². The summed E-state index contributed by atoms with van der Waals surface area (Å²) in [5, 5.41) is 2.58. The number of carbonyl (C=O) groups is 1. The van der Waals surface area contributed by atoms with Crippen LogP contribution in [0.5, 0.6) is 0 Å². The zero-order chi connectivity index (χ0) is 10.6. The lowest BCUT2D eigenvalue weighted by Crippen LogP contribution is -2.37. The molecule has 82 valence electrons. The van der Waals surface area contributed by atoms with Crippen LogP contribution in [-0.2, 0) is 9.53 Å². The number of amides is 1. The fraction of sp³-hybridized carbons (Fsp3) is 0.900. The molecule has 1 fully saturated rings. The molecule has 1 aliphatic rings. The molecule has 0 aromatic rings. The molecule has 3 atom stereocenters. The maximum absolute atomic E-state index is 11.2. The number of hydrogen-bond donors (Lipinski definition) is 2. The van der Waals surface area contributed by atoms with Crippen molar-refractivity contribution in [3.8, 4) is 0 Å². The molecule has 3 unspecified atom stereocenters. The topological polar surface area (TPSA) is 64.3 Å². The second-order valence-corrected chi connectivity index (χ2v) is 3.86. The first kappa shape index (κ1) is 11.5. The molecule has 0 saturated heterocycles. The van der Waals surface area contributed by atoms with E-state index in [2.05, 4.69) is 5.32 Å². The van der Waals surface area contributed by atoms with Crippen molar-refractivity contribution in [1.29, 1.82) is 0 Å². The van der Waals surface area contributed by atoms with Crippen LogP contribution in [0.1, 0.15) is 26.2 Å². The quantitative estimate of drug-likeness (QED) is 0.684. The van der Waals surface area contributed by atoms with Gasteiger partial charge in [0.2, 0.25) is 5.91 Å². The Morgan fingerprint density at radius 3 is 2.93 bits per heavy atom. The van der Waals surface area contributed by atoms with E-state index in [-0.39, 0.29) is 18.1 Å². The van der Waals surface area contributed by atoms with Gasteiger partial charge in [-0.1, -0.05) is 6.42 Å². The van der Waals surface area contributed by atoms with Gasteiger partial charge in [0.1, 0.15) is 6.10 Å². The summed E-state index contributed by atoms with van der Waals surface area (Å²) >= 11 is 0. The van der Waals surface area contributed by atoms with Crippen LogP contribution in [0, 0.1) is 5.92 Å². The molecule has 0 spiro atoms. The number of rotatable bonds is 4. The Kier molecular flexibility index (Phi) is 4.35. The normalized spacial score (nSPS) is 28.8. The summed E-state index contributed by atoms with van der Waals surface area (Å²) in [5.74, 6) is 0.370. The monoisotopic (exact) mass is 200 g/mol. The van der Waals surface area contributed by atoms with Crippen molar-refractivity contribution in [2.75, 3.05) is 13.6 Å². The third kappa shape index (κ3) is 2.69. The van der Waals surface area contributed by atoms with E-state index in [1.54, 1.807) is 14.0 Å². The maximum atomic E-state index is 11.2. The van der Waals surface area contributed by atoms with E-state index >= 15 is 0 Å². The second-order valence-electron chi connectivity index (χ2n) is 3.86. The molecule has 0 heterocycles. The van der Waals surface area contributed by atoms with Gasteiger partial charge in [0.15, 0.2) is 0 Å². The van der Waals surface area contributed by atoms with Gasteiger partial charge in [0.25, 0.3) is 0 Å². The highest BCUT2D eigenvalue weighted by atomic mass is 16.5. The van der Waals surface area contributed by atoms with Crippen LogP contribution < -0.4 is 11.1 Å². The molecule has 1 saturated carbocycles. The standard InChI is InChI=1S/C10H20N2O2/c1-7(10(13)12-2)14-9-5-3-4-8(9)6-11/h7-9H,3-6,11H2,1-2H3,(H,12,13). The summed E-state index contributed by atoms with van der Waals surface area (Å²) in [5.41, 5.74) is 5.63. The van der Waals surface area contributed by atoms with Crippen molar-refractivity contribution >= 4 is 5.91 Å². The Morgan fingerprint density at radius 1 is 1.64 bits per heavy atom. The summed E-state index contributed by atoms with van der Waals surface area (Å²) in [4.78, 5) is 11.2. The minimum Gasteiger partial charge on any atom is -0.365 e. The van der Waals surface area contributed by atoms with Crippen LogP contribution >= 0.6 is 0 Å². The second kappa shape index (κ2) is 5.32. The average Bonchev–Trinajstić information content (AvgIpc) is 2.63. The predicted molar refractivity (Wildman–Crippen MR) is 54.8 cm³/mol. The molecule has 0 bridgehead atoms. The van der Waals surface area contributed by atoms with Crippen LogP contribution in [-0.4, -0.2) is 31.7 Å². The van der Waals surface area contributed by atoms with E-state index in [0.717, 1.165) is 19.3 Å². The molecule has 0 radical (unpaired) electrons. The van der Waals surface area contributed by atoms with Gasteiger partial charge < -0.3 is 15.8 Å². The maximum Gasteiger partial charge on any atom is 0.248 e. The van der Waals surface area contributed by atoms with Gasteiger partial charge in [-0.3, -0.25) is 4.79 Å². The molecular weight excluding hydrogens is 180 g/mol. The zero-order valence-corrected chi connectivity index (χ0v) is 8.95.